The van der Waals surface area contributed by atoms with Gasteiger partial charge < -0.3 is 0 Å². The normalized spacial score (nSPS) is 12.9. The van der Waals surface area contributed by atoms with Gasteiger partial charge in [0.25, 0.3) is 0 Å². The summed E-state index contributed by atoms with van der Waals surface area (Å²) in [7, 11) is 0. The van der Waals surface area contributed by atoms with Crippen LogP contribution >= 0.6 is 0 Å². The van der Waals surface area contributed by atoms with Gasteiger partial charge in [-0.1, -0.05) is 63.2 Å². The second-order valence-electron chi connectivity index (χ2n) is 12.6. The summed E-state index contributed by atoms with van der Waals surface area (Å²) in [5, 5.41) is 18.7. The van der Waals surface area contributed by atoms with Gasteiger partial charge in [-0.3, -0.25) is 0 Å². The van der Waals surface area contributed by atoms with Crippen molar-refractivity contribution in [2.75, 3.05) is 0 Å². The Balaban J connectivity index is 1.57. The van der Waals surface area contributed by atoms with Crippen LogP contribution in [0.2, 0.25) is 0 Å². The Bertz CT molecular complexity index is 2430. The molecular formula is C40H28+2. The second kappa shape index (κ2) is 7.49. The van der Waals surface area contributed by atoms with E-state index in [0.29, 0.717) is 0 Å². The van der Waals surface area contributed by atoms with Crippen LogP contribution in [-0.2, 0) is 5.41 Å². The van der Waals surface area contributed by atoms with Gasteiger partial charge in [0.1, 0.15) is 16.3 Å². The van der Waals surface area contributed by atoms with Crippen molar-refractivity contribution < 1.29 is 0 Å². The van der Waals surface area contributed by atoms with E-state index in [0.717, 1.165) is 0 Å². The van der Waals surface area contributed by atoms with Crippen molar-refractivity contribution in [3.8, 4) is 11.1 Å². The molecule has 0 aromatic heterocycles. The van der Waals surface area contributed by atoms with E-state index in [1.165, 1.54) is 92.1 Å². The third-order valence-corrected chi connectivity index (χ3v) is 9.23. The average molecular weight is 509 g/mol. The van der Waals surface area contributed by atoms with Gasteiger partial charge in [0.05, 0.1) is 45.1 Å². The van der Waals surface area contributed by atoms with E-state index in [-0.39, 0.29) is 5.41 Å². The fraction of sp³-hybridized carbons (Fsp3) is 0.100. The summed E-state index contributed by atoms with van der Waals surface area (Å²) in [4.78, 5) is 0. The lowest BCUT2D eigenvalue weighted by molar-refractivity contribution is 0.591. The summed E-state index contributed by atoms with van der Waals surface area (Å²) >= 11 is 0. The Morgan fingerprint density at radius 1 is 0.500 bits per heavy atom. The average Bonchev–Trinajstić information content (AvgIpc) is 2.97. The van der Waals surface area contributed by atoms with Gasteiger partial charge in [0, 0.05) is 22.2 Å². The fourth-order valence-electron chi connectivity index (χ4n) is 7.27. The zero-order valence-corrected chi connectivity index (χ0v) is 23.0. The predicted molar refractivity (Wildman–Crippen MR) is 175 cm³/mol. The van der Waals surface area contributed by atoms with Crippen molar-refractivity contribution in [2.24, 2.45) is 0 Å². The fourth-order valence-corrected chi connectivity index (χ4v) is 7.27. The highest BCUT2D eigenvalue weighted by molar-refractivity contribution is 6.37. The standard InChI is InChI=1S/C40H28/c1-40(2,3)29-19-26-12-13-28-22-35-31-11-7-6-10-30(31)32-16-14-25-18-23-8-4-5-9-24(23)21-34(25)38(32)39(35)33-17-15-27(20-29)36(26)37(28)33/h4-22H,1-3H3/q+2. The Morgan fingerprint density at radius 2 is 1.20 bits per heavy atom. The van der Waals surface area contributed by atoms with Gasteiger partial charge >= 0.3 is 0 Å². The molecule has 0 radical (unpaired) electrons. The summed E-state index contributed by atoms with van der Waals surface area (Å²) in [5.41, 5.74) is 4.19. The first-order valence-electron chi connectivity index (χ1n) is 14.3. The monoisotopic (exact) mass is 508 g/mol. The molecule has 0 heterocycles. The van der Waals surface area contributed by atoms with E-state index in [9.17, 15) is 0 Å². The first-order valence-corrected chi connectivity index (χ1v) is 14.3. The molecule has 2 aliphatic carbocycles. The number of fused-ring (bicyclic) bond motifs is 10. The molecule has 0 aliphatic heterocycles. The maximum absolute atomic E-state index is 2.45. The third kappa shape index (κ3) is 2.86. The molecule has 0 N–H and O–H groups in total. The summed E-state index contributed by atoms with van der Waals surface area (Å²) in [6.07, 6.45) is 0. The number of rotatable bonds is 0. The van der Waals surface area contributed by atoms with Crippen LogP contribution in [0.15, 0.2) is 115 Å². The summed E-state index contributed by atoms with van der Waals surface area (Å²) in [5.74, 6) is 0. The molecule has 0 saturated carbocycles. The van der Waals surface area contributed by atoms with E-state index >= 15 is 0 Å². The van der Waals surface area contributed by atoms with Gasteiger partial charge in [0.2, 0.25) is 0 Å². The highest BCUT2D eigenvalue weighted by Crippen LogP contribution is 2.49. The van der Waals surface area contributed by atoms with Crippen LogP contribution in [-0.4, -0.2) is 0 Å². The third-order valence-electron chi connectivity index (χ3n) is 9.23. The van der Waals surface area contributed by atoms with Crippen LogP contribution in [0.25, 0.3) is 86.5 Å². The van der Waals surface area contributed by atoms with Crippen LogP contribution in [0, 0.1) is 0 Å². The molecule has 0 heteroatoms. The van der Waals surface area contributed by atoms with Crippen LogP contribution < -0.4 is 0 Å². The van der Waals surface area contributed by atoms with E-state index in [2.05, 4.69) is 136 Å². The summed E-state index contributed by atoms with van der Waals surface area (Å²) in [6.45, 7) is 6.92. The zero-order valence-electron chi connectivity index (χ0n) is 23.0. The number of hydrogen-bond acceptors (Lipinski definition) is 0. The van der Waals surface area contributed by atoms with E-state index in [1.54, 1.807) is 0 Å². The van der Waals surface area contributed by atoms with Crippen LogP contribution in [0.4, 0.5) is 0 Å². The van der Waals surface area contributed by atoms with Crippen LogP contribution in [0.1, 0.15) is 26.3 Å². The second-order valence-corrected chi connectivity index (χ2v) is 12.6. The number of hydrogen-bond donors (Lipinski definition) is 0. The van der Waals surface area contributed by atoms with Crippen molar-refractivity contribution in [1.82, 2.24) is 0 Å². The summed E-state index contributed by atoms with van der Waals surface area (Å²) in [6, 6.07) is 43.8. The molecule has 7 aromatic rings. The maximum Gasteiger partial charge on any atom is 0.152 e. The van der Waals surface area contributed by atoms with Crippen LogP contribution in [0.5, 0.6) is 0 Å². The van der Waals surface area contributed by atoms with Crippen molar-refractivity contribution in [3.63, 3.8) is 0 Å². The summed E-state index contributed by atoms with van der Waals surface area (Å²) < 4.78 is 0. The van der Waals surface area contributed by atoms with Gasteiger partial charge in [-0.25, -0.2) is 0 Å². The van der Waals surface area contributed by atoms with Crippen LogP contribution in [0.3, 0.4) is 0 Å². The topological polar surface area (TPSA) is 0 Å². The quantitative estimate of drug-likeness (QED) is 0.109. The Kier molecular flexibility index (Phi) is 4.15. The zero-order chi connectivity index (χ0) is 26.7. The van der Waals surface area contributed by atoms with Gasteiger partial charge in [-0.15, -0.1) is 0 Å². The van der Waals surface area contributed by atoms with Crippen molar-refractivity contribution in [3.05, 3.63) is 121 Å². The molecule has 9 rings (SSSR count). The molecular weight excluding hydrogens is 480 g/mol. The predicted octanol–water partition coefficient (Wildman–Crippen LogP) is 11.6. The van der Waals surface area contributed by atoms with Crippen molar-refractivity contribution in [1.29, 1.82) is 0 Å². The van der Waals surface area contributed by atoms with E-state index in [1.807, 2.05) is 0 Å². The lowest BCUT2D eigenvalue weighted by Gasteiger charge is -2.21. The SMILES string of the molecule is CC(C)(C)c1cc2ccc3cc4c5ccccc5[c+]5cc[c+]6cc7ccccc7cc6c-5c4c4ccc(c1)c2c34. The minimum atomic E-state index is 0.105. The lowest BCUT2D eigenvalue weighted by Crippen LogP contribution is -2.10. The Labute approximate surface area is 233 Å². The number of benzene rings is 9. The largest absolute Gasteiger partial charge is 0.152 e. The molecule has 2 aliphatic rings. The van der Waals surface area contributed by atoms with E-state index in [4.69, 9.17) is 0 Å². The van der Waals surface area contributed by atoms with Gasteiger partial charge in [0.15, 0.2) is 5.56 Å². The molecule has 0 atom stereocenters. The maximum atomic E-state index is 2.45. The molecule has 0 fully saturated rings. The molecule has 0 bridgehead atoms. The molecule has 7 aromatic carbocycles. The molecule has 186 valence electrons. The smallest absolute Gasteiger partial charge is 0.0595 e. The first kappa shape index (κ1) is 22.2. The van der Waals surface area contributed by atoms with Crippen molar-refractivity contribution >= 4 is 75.4 Å². The highest BCUT2D eigenvalue weighted by Gasteiger charge is 2.30. The minimum Gasteiger partial charge on any atom is -0.0595 e. The van der Waals surface area contributed by atoms with Gasteiger partial charge in [-0.05, 0) is 81.1 Å². The van der Waals surface area contributed by atoms with Crippen molar-refractivity contribution in [2.45, 2.75) is 26.2 Å². The first-order chi connectivity index (χ1) is 19.5. The Morgan fingerprint density at radius 3 is 2.00 bits per heavy atom. The highest BCUT2D eigenvalue weighted by atomic mass is 14.3. The van der Waals surface area contributed by atoms with E-state index < -0.39 is 0 Å². The lowest BCUT2D eigenvalue weighted by atomic mass is 9.80. The molecule has 0 nitrogen and oxygen atoms in total. The van der Waals surface area contributed by atoms with Gasteiger partial charge in [-0.2, -0.15) is 0 Å². The Hall–Kier alpha value is -4.68. The molecule has 0 amide bonds. The molecule has 0 unspecified atom stereocenters. The molecule has 0 spiro atoms. The molecule has 0 saturated heterocycles. The minimum absolute atomic E-state index is 0.105. The molecule has 40 heavy (non-hydrogen) atoms.